The summed E-state index contributed by atoms with van der Waals surface area (Å²) in [5.41, 5.74) is 4.30. The molecule has 0 bridgehead atoms. The van der Waals surface area contributed by atoms with Crippen LogP contribution in [0.5, 0.6) is 17.2 Å². The maximum absolute atomic E-state index is 11.1. The van der Waals surface area contributed by atoms with E-state index in [-0.39, 0.29) is 0 Å². The molecule has 0 amide bonds. The smallest absolute Gasteiger partial charge is 0.308 e. The maximum Gasteiger partial charge on any atom is 0.308 e. The van der Waals surface area contributed by atoms with Crippen LogP contribution in [-0.2, 0) is 4.79 Å². The lowest BCUT2D eigenvalue weighted by Gasteiger charge is -2.09. The Kier molecular flexibility index (Phi) is 7.57. The third-order valence-electron chi connectivity index (χ3n) is 3.24. The van der Waals surface area contributed by atoms with Crippen molar-refractivity contribution in [3.63, 3.8) is 0 Å². The average Bonchev–Trinajstić information content (AvgIpc) is 2.64. The first-order chi connectivity index (χ1) is 13.0. The summed E-state index contributed by atoms with van der Waals surface area (Å²) in [6.45, 7) is 3.88. The summed E-state index contributed by atoms with van der Waals surface area (Å²) in [6.07, 6.45) is 1.58. The Morgan fingerprint density at radius 2 is 1.93 bits per heavy atom. The Bertz CT molecular complexity index is 822. The van der Waals surface area contributed by atoms with Crippen molar-refractivity contribution in [2.24, 2.45) is 5.10 Å². The highest BCUT2D eigenvalue weighted by Gasteiger charge is 2.07. The fourth-order valence-electron chi connectivity index (χ4n) is 2.13. The van der Waals surface area contributed by atoms with E-state index in [0.717, 1.165) is 17.0 Å². The van der Waals surface area contributed by atoms with Crippen LogP contribution in [0.4, 0.5) is 5.69 Å². The van der Waals surface area contributed by atoms with Gasteiger partial charge in [-0.15, -0.1) is 0 Å². The highest BCUT2D eigenvalue weighted by molar-refractivity contribution is 7.80. The van der Waals surface area contributed by atoms with E-state index in [2.05, 4.69) is 15.8 Å². The minimum Gasteiger partial charge on any atom is -0.494 e. The van der Waals surface area contributed by atoms with Crippen molar-refractivity contribution in [3.8, 4) is 17.2 Å². The zero-order valence-corrected chi connectivity index (χ0v) is 16.1. The summed E-state index contributed by atoms with van der Waals surface area (Å²) in [5.74, 6) is 1.17. The number of rotatable bonds is 7. The van der Waals surface area contributed by atoms with Gasteiger partial charge >= 0.3 is 5.97 Å². The fourth-order valence-corrected chi connectivity index (χ4v) is 2.30. The molecule has 0 spiro atoms. The topological polar surface area (TPSA) is 81.2 Å². The van der Waals surface area contributed by atoms with Crippen LogP contribution < -0.4 is 25.0 Å². The molecular formula is C19H21N3O4S. The van der Waals surface area contributed by atoms with E-state index in [1.54, 1.807) is 24.4 Å². The van der Waals surface area contributed by atoms with Crippen molar-refractivity contribution >= 4 is 35.2 Å². The average molecular weight is 387 g/mol. The molecule has 8 heteroatoms. The second kappa shape index (κ2) is 10.1. The van der Waals surface area contributed by atoms with Gasteiger partial charge in [-0.05, 0) is 67.2 Å². The van der Waals surface area contributed by atoms with Gasteiger partial charge in [-0.25, -0.2) is 0 Å². The highest BCUT2D eigenvalue weighted by Crippen LogP contribution is 2.27. The molecule has 0 heterocycles. The third kappa shape index (κ3) is 6.59. The molecule has 0 aromatic heterocycles. The number of nitrogens with zero attached hydrogens (tertiary/aromatic N) is 1. The Hall–Kier alpha value is -3.13. The van der Waals surface area contributed by atoms with Crippen molar-refractivity contribution in [2.75, 3.05) is 19.0 Å². The van der Waals surface area contributed by atoms with E-state index in [1.807, 2.05) is 31.2 Å². The van der Waals surface area contributed by atoms with E-state index < -0.39 is 5.97 Å². The minimum atomic E-state index is -0.415. The van der Waals surface area contributed by atoms with Crippen LogP contribution in [0, 0.1) is 0 Å². The zero-order valence-electron chi connectivity index (χ0n) is 15.3. The molecule has 0 unspecified atom stereocenters. The highest BCUT2D eigenvalue weighted by atomic mass is 32.1. The molecule has 0 radical (unpaired) electrons. The molecule has 0 atom stereocenters. The number of esters is 1. The van der Waals surface area contributed by atoms with Crippen LogP contribution in [0.1, 0.15) is 19.4 Å². The van der Waals surface area contributed by atoms with Gasteiger partial charge in [0.25, 0.3) is 0 Å². The second-order valence-electron chi connectivity index (χ2n) is 5.29. The van der Waals surface area contributed by atoms with E-state index in [4.69, 9.17) is 26.4 Å². The predicted octanol–water partition coefficient (Wildman–Crippen LogP) is 3.34. The third-order valence-corrected chi connectivity index (χ3v) is 3.44. The van der Waals surface area contributed by atoms with Crippen LogP contribution >= 0.6 is 12.2 Å². The number of hydrogen-bond donors (Lipinski definition) is 2. The first kappa shape index (κ1) is 20.2. The molecule has 0 aliphatic heterocycles. The molecule has 27 heavy (non-hydrogen) atoms. The Labute approximate surface area is 163 Å². The lowest BCUT2D eigenvalue weighted by molar-refractivity contribution is -0.132. The first-order valence-electron chi connectivity index (χ1n) is 8.21. The number of hydrazone groups is 1. The number of carbonyl (C=O) groups excluding carboxylic acids is 1. The molecule has 7 nitrogen and oxygen atoms in total. The van der Waals surface area contributed by atoms with Crippen molar-refractivity contribution in [1.82, 2.24) is 5.43 Å². The number of nitrogens with one attached hydrogen (secondary N) is 2. The molecule has 0 aliphatic carbocycles. The second-order valence-corrected chi connectivity index (χ2v) is 5.69. The van der Waals surface area contributed by atoms with Crippen LogP contribution in [0.25, 0.3) is 0 Å². The number of anilines is 1. The normalized spacial score (nSPS) is 10.3. The minimum absolute atomic E-state index is 0.346. The number of ether oxygens (including phenoxy) is 3. The molecule has 2 aromatic rings. The zero-order chi connectivity index (χ0) is 19.6. The van der Waals surface area contributed by atoms with E-state index >= 15 is 0 Å². The monoisotopic (exact) mass is 387 g/mol. The molecule has 0 aliphatic rings. The van der Waals surface area contributed by atoms with Gasteiger partial charge in [-0.3, -0.25) is 10.2 Å². The number of benzene rings is 2. The lowest BCUT2D eigenvalue weighted by Crippen LogP contribution is -2.23. The number of hydrogen-bond acceptors (Lipinski definition) is 6. The van der Waals surface area contributed by atoms with Crippen LogP contribution in [0.3, 0.4) is 0 Å². The summed E-state index contributed by atoms with van der Waals surface area (Å²) < 4.78 is 15.7. The molecule has 0 saturated heterocycles. The SMILES string of the molecule is CCOc1ccc(NC(=S)N/N=C\c2ccc(OC(C)=O)c(OC)c2)cc1. The fraction of sp³-hybridized carbons (Fsp3) is 0.211. The van der Waals surface area contributed by atoms with Gasteiger partial charge in [0.2, 0.25) is 0 Å². The summed E-state index contributed by atoms with van der Waals surface area (Å²) in [5, 5.41) is 7.45. The molecule has 142 valence electrons. The maximum atomic E-state index is 11.1. The summed E-state index contributed by atoms with van der Waals surface area (Å²) >= 11 is 5.20. The molecule has 2 aromatic carbocycles. The number of thiocarbonyl (C=S) groups is 1. The standard InChI is InChI=1S/C19H21N3O4S/c1-4-25-16-8-6-15(7-9-16)21-19(27)22-20-12-14-5-10-17(26-13(2)23)18(11-14)24-3/h5-12H,4H2,1-3H3,(H2,21,22,27)/b20-12-. The number of methoxy groups -OCH3 is 1. The van der Waals surface area contributed by atoms with Crippen molar-refractivity contribution < 1.29 is 19.0 Å². The molecular weight excluding hydrogens is 366 g/mol. The van der Waals surface area contributed by atoms with Crippen molar-refractivity contribution in [2.45, 2.75) is 13.8 Å². The van der Waals surface area contributed by atoms with Crippen LogP contribution in [0.2, 0.25) is 0 Å². The Morgan fingerprint density at radius 1 is 1.19 bits per heavy atom. The predicted molar refractivity (Wildman–Crippen MR) is 109 cm³/mol. The molecule has 0 fully saturated rings. The van der Waals surface area contributed by atoms with Gasteiger partial charge < -0.3 is 19.5 Å². The summed E-state index contributed by atoms with van der Waals surface area (Å²) in [6, 6.07) is 12.5. The van der Waals surface area contributed by atoms with E-state index in [0.29, 0.717) is 23.2 Å². The molecule has 2 N–H and O–H groups in total. The lowest BCUT2D eigenvalue weighted by atomic mass is 10.2. The van der Waals surface area contributed by atoms with E-state index in [1.165, 1.54) is 14.0 Å². The largest absolute Gasteiger partial charge is 0.494 e. The van der Waals surface area contributed by atoms with Crippen molar-refractivity contribution in [1.29, 1.82) is 0 Å². The van der Waals surface area contributed by atoms with Gasteiger partial charge in [-0.2, -0.15) is 5.10 Å². The van der Waals surface area contributed by atoms with Gasteiger partial charge in [0.05, 0.1) is 19.9 Å². The van der Waals surface area contributed by atoms with Gasteiger partial charge in [0.1, 0.15) is 5.75 Å². The first-order valence-corrected chi connectivity index (χ1v) is 8.62. The van der Waals surface area contributed by atoms with Crippen LogP contribution in [-0.4, -0.2) is 31.0 Å². The Balaban J connectivity index is 1.92. The van der Waals surface area contributed by atoms with Gasteiger partial charge in [0.15, 0.2) is 16.6 Å². The van der Waals surface area contributed by atoms with E-state index in [9.17, 15) is 4.79 Å². The Morgan fingerprint density at radius 3 is 2.56 bits per heavy atom. The quantitative estimate of drug-likeness (QED) is 0.248. The molecule has 0 saturated carbocycles. The summed E-state index contributed by atoms with van der Waals surface area (Å²) in [4.78, 5) is 11.1. The van der Waals surface area contributed by atoms with Gasteiger partial charge in [-0.1, -0.05) is 0 Å². The molecule has 2 rings (SSSR count). The van der Waals surface area contributed by atoms with Crippen LogP contribution in [0.15, 0.2) is 47.6 Å². The van der Waals surface area contributed by atoms with Crippen molar-refractivity contribution in [3.05, 3.63) is 48.0 Å². The number of carbonyl (C=O) groups is 1. The van der Waals surface area contributed by atoms with Gasteiger partial charge in [0, 0.05) is 12.6 Å². The summed E-state index contributed by atoms with van der Waals surface area (Å²) in [7, 11) is 1.50.